The largest absolute Gasteiger partial charge is 0.507 e. The molecule has 6 heteroatoms. The van der Waals surface area contributed by atoms with Crippen molar-refractivity contribution in [1.82, 2.24) is 9.97 Å². The number of pyridine rings is 2. The van der Waals surface area contributed by atoms with E-state index in [1.165, 1.54) is 20.5 Å². The SMILES string of the molecule is Cc1cc(-c2sc(-c3ccc4c(c3)oc3ccccc34)c3ccccc23)cc(-c2[c-]c(-c3cc(-c4ccccc4)cc(-c4cccc(C)c4O)n3)ccc2)n1.[Pt]. The van der Waals surface area contributed by atoms with E-state index in [1.54, 1.807) is 11.3 Å². The van der Waals surface area contributed by atoms with E-state index in [1.807, 2.05) is 73.7 Å². The smallest absolute Gasteiger partial charge is 0.136 e. The molecule has 0 unspecified atom stereocenters. The van der Waals surface area contributed by atoms with Gasteiger partial charge in [-0.1, -0.05) is 114 Å². The number of thiophene rings is 1. The van der Waals surface area contributed by atoms with Crippen LogP contribution < -0.4 is 0 Å². The van der Waals surface area contributed by atoms with E-state index in [9.17, 15) is 5.11 Å². The minimum absolute atomic E-state index is 0. The zero-order valence-electron chi connectivity index (χ0n) is 30.5. The number of phenols is 1. The summed E-state index contributed by atoms with van der Waals surface area (Å²) >= 11 is 1.80. The van der Waals surface area contributed by atoms with Gasteiger partial charge in [0, 0.05) is 75.0 Å². The van der Waals surface area contributed by atoms with Gasteiger partial charge in [-0.25, -0.2) is 0 Å². The van der Waals surface area contributed by atoms with Crippen molar-refractivity contribution in [2.24, 2.45) is 0 Å². The average molecular weight is 921 g/mol. The quantitative estimate of drug-likeness (QED) is 0.169. The van der Waals surface area contributed by atoms with Gasteiger partial charge in [-0.3, -0.25) is 9.97 Å². The van der Waals surface area contributed by atoms with Crippen LogP contribution in [0.25, 0.3) is 98.5 Å². The normalized spacial score (nSPS) is 11.3. The first kappa shape index (κ1) is 35.6. The molecule has 0 fully saturated rings. The number of hydrogen-bond acceptors (Lipinski definition) is 5. The van der Waals surface area contributed by atoms with E-state index in [0.717, 1.165) is 78.0 Å². The first-order chi connectivity index (χ1) is 27.0. The van der Waals surface area contributed by atoms with E-state index < -0.39 is 0 Å². The second-order valence-corrected chi connectivity index (χ2v) is 15.0. The first-order valence-corrected chi connectivity index (χ1v) is 19.1. The number of fused-ring (bicyclic) bond motifs is 4. The third-order valence-corrected chi connectivity index (χ3v) is 11.6. The maximum atomic E-state index is 11.1. The van der Waals surface area contributed by atoms with Gasteiger partial charge in [0.25, 0.3) is 0 Å². The summed E-state index contributed by atoms with van der Waals surface area (Å²) in [7, 11) is 0. The summed E-state index contributed by atoms with van der Waals surface area (Å²) in [5.74, 6) is 0.236. The van der Waals surface area contributed by atoms with Crippen LogP contribution in [0.2, 0.25) is 0 Å². The van der Waals surface area contributed by atoms with Crippen molar-refractivity contribution < 1.29 is 30.6 Å². The van der Waals surface area contributed by atoms with Gasteiger partial charge in [0.15, 0.2) is 0 Å². The van der Waals surface area contributed by atoms with Crippen LogP contribution in [0.15, 0.2) is 162 Å². The third kappa shape index (κ3) is 6.33. The van der Waals surface area contributed by atoms with E-state index in [4.69, 9.17) is 14.4 Å². The molecule has 272 valence electrons. The summed E-state index contributed by atoms with van der Waals surface area (Å²) in [6, 6.07) is 57.7. The molecule has 4 nitrogen and oxygen atoms in total. The Bertz CT molecular complexity index is 3090. The van der Waals surface area contributed by atoms with Crippen LogP contribution in [-0.2, 0) is 21.1 Å². The Balaban J connectivity index is 0.00000410. The van der Waals surface area contributed by atoms with Gasteiger partial charge in [0.1, 0.15) is 16.9 Å². The van der Waals surface area contributed by atoms with Crippen molar-refractivity contribution >= 4 is 44.0 Å². The van der Waals surface area contributed by atoms with Crippen molar-refractivity contribution in [3.8, 4) is 71.5 Å². The molecule has 0 bridgehead atoms. The molecule has 0 spiro atoms. The standard InChI is InChI=1S/C50H33N2O2S.Pt/c1-30-12-10-20-42(48(30)53)45-27-36(32-13-4-3-5-14-32)26-44(52-45)34-16-11-15-33(25-34)43-28-37(24-31(2)51-43)50-41-19-7-6-18-40(41)49(55-50)35-22-23-39-38-17-8-9-21-46(38)54-47(39)29-35;/h3-24,26-29,53H,1-2H3;/q-1;. The summed E-state index contributed by atoms with van der Waals surface area (Å²) in [6.45, 7) is 3.96. The molecule has 0 aliphatic carbocycles. The van der Waals surface area contributed by atoms with Crippen molar-refractivity contribution in [3.63, 3.8) is 0 Å². The number of furan rings is 1. The molecule has 0 saturated heterocycles. The molecule has 0 aliphatic heterocycles. The Kier molecular flexibility index (Phi) is 9.21. The zero-order valence-corrected chi connectivity index (χ0v) is 33.6. The molecule has 0 radical (unpaired) electrons. The van der Waals surface area contributed by atoms with Gasteiger partial charge in [0.05, 0.1) is 5.69 Å². The Morgan fingerprint density at radius 3 is 1.91 bits per heavy atom. The molecule has 4 heterocycles. The molecule has 0 atom stereocenters. The Hall–Kier alpha value is -6.13. The molecule has 6 aromatic carbocycles. The molecule has 10 aromatic rings. The van der Waals surface area contributed by atoms with Gasteiger partial charge in [0.2, 0.25) is 0 Å². The maximum Gasteiger partial charge on any atom is 0.136 e. The van der Waals surface area contributed by atoms with Crippen molar-refractivity contribution in [2.45, 2.75) is 13.8 Å². The number of nitrogens with zero attached hydrogens (tertiary/aromatic N) is 2. The third-order valence-electron chi connectivity index (χ3n) is 10.3. The predicted molar refractivity (Wildman–Crippen MR) is 227 cm³/mol. The molecular weight excluding hydrogens is 888 g/mol. The minimum atomic E-state index is 0. The van der Waals surface area contributed by atoms with Crippen molar-refractivity contribution in [2.75, 3.05) is 0 Å². The fraction of sp³-hybridized carbons (Fsp3) is 0.0400. The summed E-state index contributed by atoms with van der Waals surface area (Å²) in [4.78, 5) is 12.5. The number of aromatic nitrogens is 2. The van der Waals surface area contributed by atoms with Crippen LogP contribution >= 0.6 is 11.3 Å². The van der Waals surface area contributed by atoms with Crippen LogP contribution in [0, 0.1) is 19.9 Å². The Labute approximate surface area is 343 Å². The van der Waals surface area contributed by atoms with Gasteiger partial charge in [-0.2, -0.15) is 0 Å². The second-order valence-electron chi connectivity index (χ2n) is 13.9. The number of para-hydroxylation sites is 2. The van der Waals surface area contributed by atoms with Crippen LogP contribution in [0.1, 0.15) is 11.3 Å². The number of rotatable bonds is 6. The van der Waals surface area contributed by atoms with Crippen LogP contribution in [0.3, 0.4) is 0 Å². The number of hydrogen-bond donors (Lipinski definition) is 1. The van der Waals surface area contributed by atoms with Gasteiger partial charge < -0.3 is 9.52 Å². The molecule has 10 rings (SSSR count). The van der Waals surface area contributed by atoms with Gasteiger partial charge in [-0.05, 0) is 78.1 Å². The molecule has 4 aromatic heterocycles. The molecule has 0 amide bonds. The minimum Gasteiger partial charge on any atom is -0.507 e. The summed E-state index contributed by atoms with van der Waals surface area (Å²) in [5.41, 5.74) is 12.6. The van der Waals surface area contributed by atoms with E-state index in [-0.39, 0.29) is 26.8 Å². The zero-order chi connectivity index (χ0) is 37.0. The monoisotopic (exact) mass is 920 g/mol. The number of aryl methyl sites for hydroxylation is 2. The Morgan fingerprint density at radius 2 is 1.12 bits per heavy atom. The maximum absolute atomic E-state index is 11.1. The molecule has 0 aliphatic rings. The number of phenolic OH excluding ortho intramolecular Hbond substituents is 1. The van der Waals surface area contributed by atoms with Crippen LogP contribution in [0.4, 0.5) is 0 Å². The number of aromatic hydroxyl groups is 1. The van der Waals surface area contributed by atoms with E-state index in [0.29, 0.717) is 11.3 Å². The van der Waals surface area contributed by atoms with Gasteiger partial charge >= 0.3 is 0 Å². The topological polar surface area (TPSA) is 59.2 Å². The fourth-order valence-corrected chi connectivity index (χ4v) is 8.82. The molecule has 56 heavy (non-hydrogen) atoms. The predicted octanol–water partition coefficient (Wildman–Crippen LogP) is 13.7. The summed E-state index contributed by atoms with van der Waals surface area (Å²) in [5, 5.41) is 15.7. The fourth-order valence-electron chi connectivity index (χ4n) is 7.56. The van der Waals surface area contributed by atoms with Crippen molar-refractivity contribution in [1.29, 1.82) is 0 Å². The summed E-state index contributed by atoms with van der Waals surface area (Å²) in [6.07, 6.45) is 0. The first-order valence-electron chi connectivity index (χ1n) is 18.3. The van der Waals surface area contributed by atoms with Gasteiger partial charge in [-0.15, -0.1) is 35.6 Å². The molecule has 0 saturated carbocycles. The second kappa shape index (κ2) is 14.5. The average Bonchev–Trinajstić information content (AvgIpc) is 3.80. The molecular formula is C50H33N2O2PtS-. The van der Waals surface area contributed by atoms with Crippen LogP contribution in [0.5, 0.6) is 5.75 Å². The Morgan fingerprint density at radius 1 is 0.500 bits per heavy atom. The summed E-state index contributed by atoms with van der Waals surface area (Å²) < 4.78 is 6.29. The van der Waals surface area contributed by atoms with Crippen LogP contribution in [-0.4, -0.2) is 15.1 Å². The molecule has 1 N–H and O–H groups in total. The number of benzene rings is 6. The van der Waals surface area contributed by atoms with E-state index >= 15 is 0 Å². The van der Waals surface area contributed by atoms with E-state index in [2.05, 4.69) is 104 Å². The van der Waals surface area contributed by atoms with Crippen molar-refractivity contribution in [3.05, 3.63) is 175 Å².